The molecule has 0 bridgehead atoms. The van der Waals surface area contributed by atoms with Crippen LogP contribution in [-0.4, -0.2) is 24.4 Å². The highest BCUT2D eigenvalue weighted by Crippen LogP contribution is 2.20. The van der Waals surface area contributed by atoms with Crippen molar-refractivity contribution in [2.24, 2.45) is 0 Å². The molecule has 2 rings (SSSR count). The molecule has 4 nitrogen and oxygen atoms in total. The van der Waals surface area contributed by atoms with Crippen molar-refractivity contribution in [1.82, 2.24) is 9.71 Å². The Hall–Kier alpha value is -0.730. The number of hydrogen-bond acceptors (Lipinski definition) is 3. The summed E-state index contributed by atoms with van der Waals surface area (Å²) in [5.74, 6) is 0. The topological polar surface area (TPSA) is 59.1 Å². The zero-order valence-corrected chi connectivity index (χ0v) is 11.9. The Balaban J connectivity index is 2.55. The van der Waals surface area contributed by atoms with Crippen molar-refractivity contribution in [3.05, 3.63) is 36.5 Å². The fourth-order valence-corrected chi connectivity index (χ4v) is 3.44. The second-order valence-corrected chi connectivity index (χ2v) is 6.23. The van der Waals surface area contributed by atoms with Gasteiger partial charge < -0.3 is 0 Å². The normalized spacial score (nSPS) is 11.8. The van der Waals surface area contributed by atoms with Crippen LogP contribution in [0.4, 0.5) is 0 Å². The number of aromatic nitrogens is 1. The van der Waals surface area contributed by atoms with E-state index in [9.17, 15) is 8.42 Å². The molecule has 0 aliphatic carbocycles. The molecule has 0 aliphatic heterocycles. The van der Waals surface area contributed by atoms with Gasteiger partial charge in [0.2, 0.25) is 10.0 Å². The summed E-state index contributed by atoms with van der Waals surface area (Å²) in [6, 6.07) is 8.60. The van der Waals surface area contributed by atoms with Gasteiger partial charge in [-0.15, -0.1) is 0 Å². The zero-order chi connectivity index (χ0) is 12.3. The molecular weight excluding hydrogens is 351 g/mol. The van der Waals surface area contributed by atoms with Crippen LogP contribution in [0.25, 0.3) is 10.9 Å². The summed E-state index contributed by atoms with van der Waals surface area (Å²) >= 11 is 2.13. The van der Waals surface area contributed by atoms with Crippen molar-refractivity contribution < 1.29 is 8.42 Å². The van der Waals surface area contributed by atoms with Crippen molar-refractivity contribution in [3.63, 3.8) is 0 Å². The van der Waals surface area contributed by atoms with Crippen LogP contribution in [0.3, 0.4) is 0 Å². The van der Waals surface area contributed by atoms with E-state index in [1.54, 1.807) is 36.5 Å². The summed E-state index contributed by atoms with van der Waals surface area (Å²) in [6.07, 6.45) is 1.65. The molecule has 6 heteroatoms. The third kappa shape index (κ3) is 2.75. The van der Waals surface area contributed by atoms with Gasteiger partial charge in [0.25, 0.3) is 0 Å². The van der Waals surface area contributed by atoms with Gasteiger partial charge in [-0.2, -0.15) is 0 Å². The van der Waals surface area contributed by atoms with Crippen molar-refractivity contribution in [2.75, 3.05) is 11.0 Å². The molecule has 90 valence electrons. The van der Waals surface area contributed by atoms with E-state index in [0.717, 1.165) is 4.43 Å². The maximum atomic E-state index is 12.1. The number of sulfonamides is 1. The Morgan fingerprint density at radius 3 is 2.82 bits per heavy atom. The van der Waals surface area contributed by atoms with E-state index in [-0.39, 0.29) is 4.90 Å². The number of pyridine rings is 1. The lowest BCUT2D eigenvalue weighted by Gasteiger charge is -2.07. The standard InChI is InChI=1S/C11H11IN2O2S/c12-6-8-14-17(15,16)11-5-1-4-10-9(11)3-2-7-13-10/h1-5,7,14H,6,8H2. The Bertz CT molecular complexity index is 623. The molecule has 0 atom stereocenters. The first-order chi connectivity index (χ1) is 8.15. The molecule has 1 aromatic carbocycles. The van der Waals surface area contributed by atoms with Crippen LogP contribution in [0.2, 0.25) is 0 Å². The monoisotopic (exact) mass is 362 g/mol. The minimum Gasteiger partial charge on any atom is -0.256 e. The predicted molar refractivity (Wildman–Crippen MR) is 75.8 cm³/mol. The van der Waals surface area contributed by atoms with Crippen LogP contribution in [0, 0.1) is 0 Å². The average molecular weight is 362 g/mol. The maximum absolute atomic E-state index is 12.1. The predicted octanol–water partition coefficient (Wildman–Crippen LogP) is 1.95. The number of rotatable bonds is 4. The number of nitrogens with zero attached hydrogens (tertiary/aromatic N) is 1. The molecule has 17 heavy (non-hydrogen) atoms. The molecule has 1 N–H and O–H groups in total. The van der Waals surface area contributed by atoms with E-state index < -0.39 is 10.0 Å². The second kappa shape index (κ2) is 5.28. The molecule has 0 amide bonds. The first kappa shape index (κ1) is 12.7. The van der Waals surface area contributed by atoms with Gasteiger partial charge in [0.15, 0.2) is 0 Å². The lowest BCUT2D eigenvalue weighted by atomic mass is 10.2. The van der Waals surface area contributed by atoms with Crippen LogP contribution in [0.15, 0.2) is 41.4 Å². The summed E-state index contributed by atoms with van der Waals surface area (Å²) in [5.41, 5.74) is 0.685. The van der Waals surface area contributed by atoms with Gasteiger partial charge in [0, 0.05) is 22.6 Å². The molecular formula is C11H11IN2O2S. The van der Waals surface area contributed by atoms with Crippen LogP contribution >= 0.6 is 22.6 Å². The summed E-state index contributed by atoms with van der Waals surface area (Å²) in [6.45, 7) is 0.430. The lowest BCUT2D eigenvalue weighted by molar-refractivity contribution is 0.585. The minimum atomic E-state index is -3.44. The van der Waals surface area contributed by atoms with E-state index in [4.69, 9.17) is 0 Å². The number of alkyl halides is 1. The molecule has 2 aromatic rings. The van der Waals surface area contributed by atoms with E-state index >= 15 is 0 Å². The third-order valence-corrected chi connectivity index (χ3v) is 4.34. The number of hydrogen-bond donors (Lipinski definition) is 1. The Morgan fingerprint density at radius 1 is 1.24 bits per heavy atom. The summed E-state index contributed by atoms with van der Waals surface area (Å²) in [7, 11) is -3.44. The smallest absolute Gasteiger partial charge is 0.241 e. The van der Waals surface area contributed by atoms with Gasteiger partial charge in [-0.1, -0.05) is 28.7 Å². The SMILES string of the molecule is O=S(=O)(NCCI)c1cccc2ncccc12. The fourth-order valence-electron chi connectivity index (χ4n) is 1.56. The molecule has 0 radical (unpaired) electrons. The largest absolute Gasteiger partial charge is 0.256 e. The van der Waals surface area contributed by atoms with E-state index in [2.05, 4.69) is 32.3 Å². The lowest BCUT2D eigenvalue weighted by Crippen LogP contribution is -2.25. The summed E-state index contributed by atoms with van der Waals surface area (Å²) in [4.78, 5) is 4.43. The van der Waals surface area contributed by atoms with Crippen LogP contribution in [0.1, 0.15) is 0 Å². The minimum absolute atomic E-state index is 0.285. The Labute approximate surface area is 114 Å². The molecule has 0 saturated heterocycles. The van der Waals surface area contributed by atoms with Crippen LogP contribution < -0.4 is 4.72 Å². The second-order valence-electron chi connectivity index (χ2n) is 3.41. The highest BCUT2D eigenvalue weighted by molar-refractivity contribution is 14.1. The van der Waals surface area contributed by atoms with Crippen molar-refractivity contribution in [2.45, 2.75) is 4.90 Å². The zero-order valence-electron chi connectivity index (χ0n) is 8.93. The van der Waals surface area contributed by atoms with Crippen LogP contribution in [0.5, 0.6) is 0 Å². The highest BCUT2D eigenvalue weighted by Gasteiger charge is 2.16. The Morgan fingerprint density at radius 2 is 2.06 bits per heavy atom. The first-order valence-corrected chi connectivity index (χ1v) is 8.05. The van der Waals surface area contributed by atoms with Crippen molar-refractivity contribution in [1.29, 1.82) is 0 Å². The summed E-state index contributed by atoms with van der Waals surface area (Å²) < 4.78 is 27.4. The molecule has 0 unspecified atom stereocenters. The number of nitrogens with one attached hydrogen (secondary N) is 1. The third-order valence-electron chi connectivity index (χ3n) is 2.28. The van der Waals surface area contributed by atoms with E-state index in [1.807, 2.05) is 0 Å². The molecule has 1 heterocycles. The molecule has 0 fully saturated rings. The van der Waals surface area contributed by atoms with Gasteiger partial charge in [-0.25, -0.2) is 13.1 Å². The van der Waals surface area contributed by atoms with Gasteiger partial charge in [0.1, 0.15) is 0 Å². The van der Waals surface area contributed by atoms with Crippen LogP contribution in [-0.2, 0) is 10.0 Å². The summed E-state index contributed by atoms with van der Waals surface area (Å²) in [5, 5.41) is 0.649. The van der Waals surface area contributed by atoms with E-state index in [0.29, 0.717) is 17.4 Å². The average Bonchev–Trinajstić information content (AvgIpc) is 2.36. The van der Waals surface area contributed by atoms with Gasteiger partial charge >= 0.3 is 0 Å². The highest BCUT2D eigenvalue weighted by atomic mass is 127. The maximum Gasteiger partial charge on any atom is 0.241 e. The van der Waals surface area contributed by atoms with E-state index in [1.165, 1.54) is 0 Å². The number of fused-ring (bicyclic) bond motifs is 1. The number of halogens is 1. The quantitative estimate of drug-likeness (QED) is 0.668. The fraction of sp³-hybridized carbons (Fsp3) is 0.182. The van der Waals surface area contributed by atoms with Gasteiger partial charge in [-0.3, -0.25) is 4.98 Å². The molecule has 0 saturated carbocycles. The van der Waals surface area contributed by atoms with Crippen molar-refractivity contribution >= 4 is 43.5 Å². The van der Waals surface area contributed by atoms with Gasteiger partial charge in [0.05, 0.1) is 10.4 Å². The molecule has 1 aromatic heterocycles. The first-order valence-electron chi connectivity index (χ1n) is 5.04. The number of benzene rings is 1. The van der Waals surface area contributed by atoms with Crippen molar-refractivity contribution in [3.8, 4) is 0 Å². The molecule has 0 aliphatic rings. The van der Waals surface area contributed by atoms with Gasteiger partial charge in [-0.05, 0) is 24.3 Å². The Kier molecular flexibility index (Phi) is 3.95. The molecule has 0 spiro atoms.